The van der Waals surface area contributed by atoms with Gasteiger partial charge in [0, 0.05) is 23.6 Å². The lowest BCUT2D eigenvalue weighted by Gasteiger charge is -2.31. The average molecular weight is 375 g/mol. The van der Waals surface area contributed by atoms with Gasteiger partial charge in [0.05, 0.1) is 7.11 Å². The van der Waals surface area contributed by atoms with Crippen LogP contribution in [0, 0.1) is 5.92 Å². The zero-order chi connectivity index (χ0) is 19.5. The molecule has 0 unspecified atom stereocenters. The first-order valence-electron chi connectivity index (χ1n) is 9.76. The van der Waals surface area contributed by atoms with Crippen molar-refractivity contribution in [2.24, 2.45) is 5.92 Å². The van der Waals surface area contributed by atoms with Crippen molar-refractivity contribution >= 4 is 16.6 Å². The number of methoxy groups -OCH3 is 1. The van der Waals surface area contributed by atoms with Gasteiger partial charge in [0.15, 0.2) is 5.78 Å². The van der Waals surface area contributed by atoms with E-state index in [1.807, 2.05) is 54.6 Å². The molecule has 0 aromatic heterocycles. The second kappa shape index (κ2) is 8.03. The summed E-state index contributed by atoms with van der Waals surface area (Å²) in [5.74, 6) is 1.42. The van der Waals surface area contributed by atoms with Gasteiger partial charge in [0.1, 0.15) is 11.5 Å². The number of piperidine rings is 1. The molecular formula is C24H25NO3. The molecule has 4 nitrogen and oxygen atoms in total. The number of phenols is 1. The number of hydrogen-bond donors (Lipinski definition) is 1. The zero-order valence-corrected chi connectivity index (χ0v) is 16.1. The molecule has 0 bridgehead atoms. The Labute approximate surface area is 165 Å². The summed E-state index contributed by atoms with van der Waals surface area (Å²) < 4.78 is 5.36. The molecule has 4 rings (SSSR count). The van der Waals surface area contributed by atoms with E-state index < -0.39 is 0 Å². The lowest BCUT2D eigenvalue weighted by Crippen LogP contribution is -2.36. The minimum absolute atomic E-state index is 0.0832. The number of aromatic hydroxyl groups is 1. The summed E-state index contributed by atoms with van der Waals surface area (Å²) in [5, 5.41) is 12.6. The Morgan fingerprint density at radius 2 is 1.79 bits per heavy atom. The first-order chi connectivity index (χ1) is 13.7. The standard InChI is InChI=1S/C24H25NO3/c1-28-20-9-7-17-8-10-23(26)22(21(17)15-20)16-25-13-11-19(12-14-25)24(27)18-5-3-2-4-6-18/h2-10,15,19,26H,11-14,16H2,1H3. The van der Waals surface area contributed by atoms with E-state index in [-0.39, 0.29) is 11.7 Å². The summed E-state index contributed by atoms with van der Waals surface area (Å²) in [6.45, 7) is 2.37. The van der Waals surface area contributed by atoms with Crippen molar-refractivity contribution in [2.75, 3.05) is 20.2 Å². The number of carbonyl (C=O) groups excluding carboxylic acids is 1. The van der Waals surface area contributed by atoms with Crippen LogP contribution in [0.15, 0.2) is 60.7 Å². The molecule has 1 N–H and O–H groups in total. The van der Waals surface area contributed by atoms with E-state index in [2.05, 4.69) is 4.90 Å². The minimum atomic E-state index is 0.0832. The number of phenolic OH excluding ortho intramolecular Hbond substituents is 1. The maximum Gasteiger partial charge on any atom is 0.166 e. The predicted octanol–water partition coefficient (Wildman–Crippen LogP) is 4.65. The summed E-state index contributed by atoms with van der Waals surface area (Å²) in [4.78, 5) is 15.0. The molecule has 4 heteroatoms. The van der Waals surface area contributed by atoms with Gasteiger partial charge in [-0.05, 0) is 54.9 Å². The van der Waals surface area contributed by atoms with Crippen LogP contribution in [0.5, 0.6) is 11.5 Å². The fraction of sp³-hybridized carbons (Fsp3) is 0.292. The first kappa shape index (κ1) is 18.5. The molecule has 144 valence electrons. The lowest BCUT2D eigenvalue weighted by molar-refractivity contribution is 0.0834. The molecule has 28 heavy (non-hydrogen) atoms. The normalized spacial score (nSPS) is 15.6. The zero-order valence-electron chi connectivity index (χ0n) is 16.1. The van der Waals surface area contributed by atoms with Crippen LogP contribution >= 0.6 is 0 Å². The summed E-state index contributed by atoms with van der Waals surface area (Å²) in [6, 6.07) is 19.2. The van der Waals surface area contributed by atoms with E-state index in [1.165, 1.54) is 0 Å². The summed E-state index contributed by atoms with van der Waals surface area (Å²) in [6.07, 6.45) is 1.70. The van der Waals surface area contributed by atoms with Crippen LogP contribution in [0.3, 0.4) is 0 Å². The van der Waals surface area contributed by atoms with Crippen molar-refractivity contribution in [2.45, 2.75) is 19.4 Å². The van der Waals surface area contributed by atoms with Crippen LogP contribution in [-0.2, 0) is 6.54 Å². The molecule has 1 heterocycles. The third-order valence-electron chi connectivity index (χ3n) is 5.71. The lowest BCUT2D eigenvalue weighted by atomic mass is 9.88. The Morgan fingerprint density at radius 3 is 2.50 bits per heavy atom. The topological polar surface area (TPSA) is 49.8 Å². The van der Waals surface area contributed by atoms with Crippen molar-refractivity contribution in [3.8, 4) is 11.5 Å². The van der Waals surface area contributed by atoms with E-state index in [9.17, 15) is 9.90 Å². The van der Waals surface area contributed by atoms with Crippen molar-refractivity contribution in [3.05, 3.63) is 71.8 Å². The number of rotatable bonds is 5. The predicted molar refractivity (Wildman–Crippen MR) is 111 cm³/mol. The smallest absolute Gasteiger partial charge is 0.166 e. The Hall–Kier alpha value is -2.85. The van der Waals surface area contributed by atoms with E-state index >= 15 is 0 Å². The van der Waals surface area contributed by atoms with Crippen LogP contribution in [0.2, 0.25) is 0 Å². The number of nitrogens with zero attached hydrogens (tertiary/aromatic N) is 1. The van der Waals surface area contributed by atoms with Gasteiger partial charge in [-0.15, -0.1) is 0 Å². The number of carbonyl (C=O) groups is 1. The molecule has 3 aromatic rings. The number of fused-ring (bicyclic) bond motifs is 1. The van der Waals surface area contributed by atoms with Crippen LogP contribution in [0.25, 0.3) is 10.8 Å². The van der Waals surface area contributed by atoms with Crippen LogP contribution in [0.1, 0.15) is 28.8 Å². The van der Waals surface area contributed by atoms with Gasteiger partial charge in [0.25, 0.3) is 0 Å². The molecule has 0 aliphatic carbocycles. The van der Waals surface area contributed by atoms with E-state index in [0.29, 0.717) is 12.3 Å². The van der Waals surface area contributed by atoms with E-state index in [4.69, 9.17) is 4.74 Å². The van der Waals surface area contributed by atoms with Crippen LogP contribution < -0.4 is 4.74 Å². The largest absolute Gasteiger partial charge is 0.508 e. The first-order valence-corrected chi connectivity index (χ1v) is 9.76. The number of likely N-dealkylation sites (tertiary alicyclic amines) is 1. The molecule has 1 saturated heterocycles. The Bertz CT molecular complexity index is 976. The molecule has 0 radical (unpaired) electrons. The monoisotopic (exact) mass is 375 g/mol. The third-order valence-corrected chi connectivity index (χ3v) is 5.71. The van der Waals surface area contributed by atoms with Gasteiger partial charge in [-0.3, -0.25) is 9.69 Å². The molecule has 3 aromatic carbocycles. The van der Waals surface area contributed by atoms with Crippen molar-refractivity contribution in [1.29, 1.82) is 0 Å². The second-order valence-electron chi connectivity index (χ2n) is 7.43. The van der Waals surface area contributed by atoms with Gasteiger partial charge in [-0.2, -0.15) is 0 Å². The number of hydrogen-bond acceptors (Lipinski definition) is 4. The SMILES string of the molecule is COc1ccc2ccc(O)c(CN3CCC(C(=O)c4ccccc4)CC3)c2c1. The maximum absolute atomic E-state index is 12.7. The highest BCUT2D eigenvalue weighted by Crippen LogP contribution is 2.32. The summed E-state index contributed by atoms with van der Waals surface area (Å²) >= 11 is 0. The maximum atomic E-state index is 12.7. The summed E-state index contributed by atoms with van der Waals surface area (Å²) in [7, 11) is 1.65. The fourth-order valence-electron chi connectivity index (χ4n) is 4.06. The number of Topliss-reactive ketones (excluding diaryl/α,β-unsaturated/α-hetero) is 1. The molecular weight excluding hydrogens is 350 g/mol. The Kier molecular flexibility index (Phi) is 5.31. The molecule has 0 spiro atoms. The minimum Gasteiger partial charge on any atom is -0.508 e. The Morgan fingerprint density at radius 1 is 1.07 bits per heavy atom. The van der Waals surface area contributed by atoms with Crippen molar-refractivity contribution in [3.63, 3.8) is 0 Å². The van der Waals surface area contributed by atoms with Gasteiger partial charge in [0.2, 0.25) is 0 Å². The fourth-order valence-corrected chi connectivity index (χ4v) is 4.06. The average Bonchev–Trinajstić information content (AvgIpc) is 2.76. The van der Waals surface area contributed by atoms with Crippen LogP contribution in [0.4, 0.5) is 0 Å². The highest BCUT2D eigenvalue weighted by Gasteiger charge is 2.26. The van der Waals surface area contributed by atoms with E-state index in [1.54, 1.807) is 13.2 Å². The second-order valence-corrected chi connectivity index (χ2v) is 7.43. The number of benzene rings is 3. The molecule has 0 atom stereocenters. The molecule has 0 saturated carbocycles. The van der Waals surface area contributed by atoms with E-state index in [0.717, 1.165) is 53.6 Å². The van der Waals surface area contributed by atoms with Gasteiger partial charge < -0.3 is 9.84 Å². The van der Waals surface area contributed by atoms with Gasteiger partial charge in [-0.25, -0.2) is 0 Å². The number of ether oxygens (including phenoxy) is 1. The van der Waals surface area contributed by atoms with Gasteiger partial charge >= 0.3 is 0 Å². The molecule has 1 aliphatic rings. The highest BCUT2D eigenvalue weighted by molar-refractivity contribution is 5.97. The number of ketones is 1. The Balaban J connectivity index is 1.48. The molecule has 1 fully saturated rings. The quantitative estimate of drug-likeness (QED) is 0.660. The third kappa shape index (κ3) is 3.73. The van der Waals surface area contributed by atoms with Crippen molar-refractivity contribution in [1.82, 2.24) is 4.90 Å². The van der Waals surface area contributed by atoms with Crippen LogP contribution in [-0.4, -0.2) is 36.0 Å². The van der Waals surface area contributed by atoms with Gasteiger partial charge in [-0.1, -0.05) is 42.5 Å². The molecule has 1 aliphatic heterocycles. The highest BCUT2D eigenvalue weighted by atomic mass is 16.5. The summed E-state index contributed by atoms with van der Waals surface area (Å²) in [5.41, 5.74) is 1.73. The molecule has 0 amide bonds. The van der Waals surface area contributed by atoms with Crippen molar-refractivity contribution < 1.29 is 14.6 Å².